The van der Waals surface area contributed by atoms with Crippen LogP contribution in [-0.4, -0.2) is 55.1 Å². The lowest BCUT2D eigenvalue weighted by atomic mass is 10.0. The van der Waals surface area contributed by atoms with E-state index in [0.29, 0.717) is 15.6 Å². The number of hydrogen-bond acceptors (Lipinski definition) is 4. The maximum atomic E-state index is 14.0. The zero-order valence-electron chi connectivity index (χ0n) is 23.2. The van der Waals surface area contributed by atoms with Gasteiger partial charge >= 0.3 is 0 Å². The largest absolute Gasteiger partial charge is 0.352 e. The number of rotatable bonds is 11. The minimum absolute atomic E-state index is 0.0454. The number of carbonyl (C=O) groups excluding carboxylic acids is 2. The van der Waals surface area contributed by atoms with Crippen LogP contribution in [0.25, 0.3) is 0 Å². The number of carbonyl (C=O) groups is 2. The molecule has 0 radical (unpaired) electrons. The van der Waals surface area contributed by atoms with Gasteiger partial charge in [0, 0.05) is 26.1 Å². The van der Waals surface area contributed by atoms with Gasteiger partial charge in [-0.2, -0.15) is 4.31 Å². The van der Waals surface area contributed by atoms with Crippen LogP contribution in [0.4, 0.5) is 0 Å². The highest BCUT2D eigenvalue weighted by Gasteiger charge is 2.34. The average Bonchev–Trinajstić information content (AvgIpc) is 3.46. The number of likely N-dealkylation sites (N-methyl/N-ethyl adjacent to an activating group) is 1. The maximum Gasteiger partial charge on any atom is 0.243 e. The van der Waals surface area contributed by atoms with Gasteiger partial charge in [0.05, 0.1) is 21.5 Å². The van der Waals surface area contributed by atoms with E-state index in [-0.39, 0.29) is 29.8 Å². The maximum absolute atomic E-state index is 14.0. The summed E-state index contributed by atoms with van der Waals surface area (Å²) in [6, 6.07) is 20.1. The molecule has 1 aliphatic carbocycles. The van der Waals surface area contributed by atoms with Gasteiger partial charge in [0.2, 0.25) is 21.8 Å². The van der Waals surface area contributed by atoms with Crippen LogP contribution in [0, 0.1) is 6.92 Å². The van der Waals surface area contributed by atoms with E-state index in [1.165, 1.54) is 24.1 Å². The van der Waals surface area contributed by atoms with Crippen LogP contribution in [0.2, 0.25) is 10.0 Å². The molecular weight excluding hydrogens is 581 g/mol. The minimum atomic E-state index is -3.95. The number of nitrogens with zero attached hydrogens (tertiary/aromatic N) is 2. The number of hydrogen-bond donors (Lipinski definition) is 1. The van der Waals surface area contributed by atoms with Crippen LogP contribution in [0.3, 0.4) is 0 Å². The average molecular weight is 617 g/mol. The summed E-state index contributed by atoms with van der Waals surface area (Å²) in [5, 5.41) is 3.84. The zero-order chi connectivity index (χ0) is 29.6. The van der Waals surface area contributed by atoms with Gasteiger partial charge in [0.25, 0.3) is 0 Å². The Bertz CT molecular complexity index is 1460. The van der Waals surface area contributed by atoms with Gasteiger partial charge in [-0.15, -0.1) is 0 Å². The first-order valence-electron chi connectivity index (χ1n) is 13.7. The third kappa shape index (κ3) is 8.10. The Labute approximate surface area is 252 Å². The molecule has 0 bridgehead atoms. The quantitative estimate of drug-likeness (QED) is 0.303. The van der Waals surface area contributed by atoms with E-state index < -0.39 is 28.5 Å². The lowest BCUT2D eigenvalue weighted by Crippen LogP contribution is -2.54. The van der Waals surface area contributed by atoms with Crippen molar-refractivity contribution >= 4 is 45.0 Å². The van der Waals surface area contributed by atoms with E-state index in [2.05, 4.69) is 5.32 Å². The van der Waals surface area contributed by atoms with Crippen molar-refractivity contribution in [1.29, 1.82) is 0 Å². The molecule has 0 saturated heterocycles. The van der Waals surface area contributed by atoms with Crippen molar-refractivity contribution in [2.45, 2.75) is 62.6 Å². The predicted octanol–water partition coefficient (Wildman–Crippen LogP) is 5.62. The van der Waals surface area contributed by atoms with Crippen LogP contribution in [0.15, 0.2) is 77.7 Å². The van der Waals surface area contributed by atoms with Crippen LogP contribution in [0.1, 0.15) is 42.4 Å². The van der Waals surface area contributed by atoms with Crippen molar-refractivity contribution in [2.24, 2.45) is 0 Å². The molecule has 3 aromatic carbocycles. The molecule has 1 atom stereocenters. The number of amides is 2. The first-order chi connectivity index (χ1) is 19.5. The molecule has 3 aromatic rings. The molecule has 1 unspecified atom stereocenters. The highest BCUT2D eigenvalue weighted by molar-refractivity contribution is 7.89. The molecule has 1 saturated carbocycles. The second-order valence-electron chi connectivity index (χ2n) is 10.5. The normalized spacial score (nSPS) is 14.7. The molecule has 41 heavy (non-hydrogen) atoms. The third-order valence-electron chi connectivity index (χ3n) is 7.40. The number of halogens is 2. The Balaban J connectivity index is 1.67. The van der Waals surface area contributed by atoms with Crippen molar-refractivity contribution in [2.75, 3.05) is 13.6 Å². The summed E-state index contributed by atoms with van der Waals surface area (Å²) >= 11 is 12.4. The summed E-state index contributed by atoms with van der Waals surface area (Å²) in [6.45, 7) is 1.47. The molecule has 7 nitrogen and oxygen atoms in total. The fraction of sp³-hybridized carbons (Fsp3) is 0.355. The van der Waals surface area contributed by atoms with Crippen molar-refractivity contribution in [3.63, 3.8) is 0 Å². The SMILES string of the molecule is Cc1ccc(S(=O)(=O)N(C)CC(=O)N(Cc2ccc(Cl)c(Cl)c2)C(Cc2ccccc2)C(=O)NC2CCCC2)cc1. The summed E-state index contributed by atoms with van der Waals surface area (Å²) in [6.07, 6.45) is 4.13. The summed E-state index contributed by atoms with van der Waals surface area (Å²) < 4.78 is 27.6. The monoisotopic (exact) mass is 615 g/mol. The Hall–Kier alpha value is -2.91. The Morgan fingerprint density at radius 3 is 2.22 bits per heavy atom. The smallest absolute Gasteiger partial charge is 0.243 e. The van der Waals surface area contributed by atoms with E-state index in [9.17, 15) is 18.0 Å². The molecule has 0 heterocycles. The van der Waals surface area contributed by atoms with Gasteiger partial charge in [0.15, 0.2) is 0 Å². The van der Waals surface area contributed by atoms with E-state index in [4.69, 9.17) is 23.2 Å². The first kappa shape index (κ1) is 31.0. The molecule has 0 spiro atoms. The zero-order valence-corrected chi connectivity index (χ0v) is 25.6. The molecule has 10 heteroatoms. The summed E-state index contributed by atoms with van der Waals surface area (Å²) in [5.41, 5.74) is 2.47. The molecule has 0 aliphatic heterocycles. The summed E-state index contributed by atoms with van der Waals surface area (Å²) in [7, 11) is -2.58. The van der Waals surface area contributed by atoms with Gasteiger partial charge in [-0.25, -0.2) is 8.42 Å². The molecular formula is C31H35Cl2N3O4S. The topological polar surface area (TPSA) is 86.8 Å². The standard InChI is InChI=1S/C31H35Cl2N3O4S/c1-22-12-15-26(16-13-22)41(39,40)35(2)21-30(37)36(20-24-14-17-27(32)28(33)18-24)29(19-23-8-4-3-5-9-23)31(38)34-25-10-6-7-11-25/h3-5,8-9,12-18,25,29H,6-7,10-11,19-21H2,1-2H3,(H,34,38). The molecule has 218 valence electrons. The summed E-state index contributed by atoms with van der Waals surface area (Å²) in [5.74, 6) is -0.769. The van der Waals surface area contributed by atoms with Gasteiger partial charge in [-0.3, -0.25) is 9.59 Å². The fourth-order valence-corrected chi connectivity index (χ4v) is 6.45. The number of aryl methyl sites for hydroxylation is 1. The van der Waals surface area contributed by atoms with Crippen molar-refractivity contribution in [3.8, 4) is 0 Å². The highest BCUT2D eigenvalue weighted by Crippen LogP contribution is 2.25. The number of nitrogens with one attached hydrogen (secondary N) is 1. The van der Waals surface area contributed by atoms with E-state index in [1.807, 2.05) is 37.3 Å². The van der Waals surface area contributed by atoms with E-state index >= 15 is 0 Å². The van der Waals surface area contributed by atoms with Gasteiger partial charge in [-0.1, -0.05) is 90.1 Å². The van der Waals surface area contributed by atoms with Crippen molar-refractivity contribution in [1.82, 2.24) is 14.5 Å². The van der Waals surface area contributed by atoms with Crippen LogP contribution in [-0.2, 0) is 32.6 Å². The van der Waals surface area contributed by atoms with Gasteiger partial charge in [-0.05, 0) is 55.2 Å². The lowest BCUT2D eigenvalue weighted by molar-refractivity contribution is -0.141. The second-order valence-corrected chi connectivity index (χ2v) is 13.4. The molecule has 4 rings (SSSR count). The third-order valence-corrected chi connectivity index (χ3v) is 9.95. The molecule has 0 aromatic heterocycles. The molecule has 1 fully saturated rings. The predicted molar refractivity (Wildman–Crippen MR) is 162 cm³/mol. The second kappa shape index (κ2) is 13.8. The Morgan fingerprint density at radius 1 is 0.927 bits per heavy atom. The van der Waals surface area contributed by atoms with Gasteiger partial charge in [0.1, 0.15) is 6.04 Å². The summed E-state index contributed by atoms with van der Waals surface area (Å²) in [4.78, 5) is 29.4. The van der Waals surface area contributed by atoms with Gasteiger partial charge < -0.3 is 10.2 Å². The molecule has 1 aliphatic rings. The van der Waals surface area contributed by atoms with Crippen molar-refractivity contribution < 1.29 is 18.0 Å². The fourth-order valence-electron chi connectivity index (χ4n) is 5.01. The number of benzene rings is 3. The minimum Gasteiger partial charge on any atom is -0.352 e. The van der Waals surface area contributed by atoms with Crippen molar-refractivity contribution in [3.05, 3.63) is 99.5 Å². The molecule has 2 amide bonds. The molecule has 1 N–H and O–H groups in total. The Morgan fingerprint density at radius 2 is 1.59 bits per heavy atom. The van der Waals surface area contributed by atoms with Crippen LogP contribution < -0.4 is 5.32 Å². The Kier molecular flexibility index (Phi) is 10.5. The lowest BCUT2D eigenvalue weighted by Gasteiger charge is -2.33. The highest BCUT2D eigenvalue weighted by atomic mass is 35.5. The van der Waals surface area contributed by atoms with E-state index in [0.717, 1.165) is 41.1 Å². The number of sulfonamides is 1. The van der Waals surface area contributed by atoms with Crippen LogP contribution >= 0.6 is 23.2 Å². The van der Waals surface area contributed by atoms with Crippen LogP contribution in [0.5, 0.6) is 0 Å². The van der Waals surface area contributed by atoms with E-state index in [1.54, 1.807) is 30.3 Å². The first-order valence-corrected chi connectivity index (χ1v) is 15.8.